The molecule has 0 fully saturated rings. The Hall–Kier alpha value is -0.830. The van der Waals surface area contributed by atoms with Gasteiger partial charge in [0.05, 0.1) is 5.41 Å². The van der Waals surface area contributed by atoms with Crippen LogP contribution in [0.25, 0.3) is 0 Å². The zero-order valence-electron chi connectivity index (χ0n) is 5.71. The lowest BCUT2D eigenvalue weighted by Gasteiger charge is -2.20. The number of carboxylic acids is 1. The van der Waals surface area contributed by atoms with Crippen molar-refractivity contribution in [1.29, 1.82) is 0 Å². The molecule has 0 radical (unpaired) electrons. The lowest BCUT2D eigenvalue weighted by atomic mass is 9.86. The molecule has 0 heterocycles. The topological polar surface area (TPSA) is 63.3 Å². The van der Waals surface area contributed by atoms with Crippen LogP contribution in [0.5, 0.6) is 0 Å². The van der Waals surface area contributed by atoms with Gasteiger partial charge in [0.25, 0.3) is 0 Å². The average molecular weight is 141 g/mol. The number of rotatable bonds is 2. The van der Waals surface area contributed by atoms with Crippen LogP contribution >= 0.6 is 0 Å². The molecule has 0 unspecified atom stereocenters. The van der Waals surface area contributed by atoms with E-state index in [0.29, 0.717) is 12.8 Å². The van der Waals surface area contributed by atoms with E-state index in [4.69, 9.17) is 10.8 Å². The van der Waals surface area contributed by atoms with Crippen molar-refractivity contribution < 1.29 is 9.90 Å². The van der Waals surface area contributed by atoms with E-state index in [9.17, 15) is 4.79 Å². The molecule has 10 heavy (non-hydrogen) atoms. The zero-order chi connectivity index (χ0) is 7.61. The first-order valence-corrected chi connectivity index (χ1v) is 3.30. The minimum atomic E-state index is -0.778. The molecule has 1 aliphatic rings. The van der Waals surface area contributed by atoms with Crippen molar-refractivity contribution in [3.05, 3.63) is 12.2 Å². The van der Waals surface area contributed by atoms with Gasteiger partial charge in [-0.15, -0.1) is 0 Å². The number of nitrogens with two attached hydrogens (primary N) is 1. The summed E-state index contributed by atoms with van der Waals surface area (Å²) in [5, 5.41) is 8.74. The SMILES string of the molecule is NCC1(C(=O)O)CC=CC1. The van der Waals surface area contributed by atoms with Crippen LogP contribution in [0.1, 0.15) is 12.8 Å². The third-order valence-electron chi connectivity index (χ3n) is 2.03. The van der Waals surface area contributed by atoms with Crippen molar-refractivity contribution in [3.63, 3.8) is 0 Å². The Morgan fingerprint density at radius 3 is 2.30 bits per heavy atom. The number of hydrogen-bond acceptors (Lipinski definition) is 2. The van der Waals surface area contributed by atoms with Crippen molar-refractivity contribution in [3.8, 4) is 0 Å². The fraction of sp³-hybridized carbons (Fsp3) is 0.571. The van der Waals surface area contributed by atoms with E-state index in [0.717, 1.165) is 0 Å². The van der Waals surface area contributed by atoms with Crippen molar-refractivity contribution in [2.24, 2.45) is 11.1 Å². The molecule has 0 saturated carbocycles. The van der Waals surface area contributed by atoms with Crippen LogP contribution in [0.3, 0.4) is 0 Å². The second-order valence-electron chi connectivity index (χ2n) is 2.67. The van der Waals surface area contributed by atoms with E-state index in [1.165, 1.54) is 0 Å². The van der Waals surface area contributed by atoms with E-state index in [1.807, 2.05) is 12.2 Å². The molecule has 0 bridgehead atoms. The summed E-state index contributed by atoms with van der Waals surface area (Å²) in [5.41, 5.74) is 4.67. The molecule has 1 rings (SSSR count). The quantitative estimate of drug-likeness (QED) is 0.546. The summed E-state index contributed by atoms with van der Waals surface area (Å²) in [6.45, 7) is 0.231. The van der Waals surface area contributed by atoms with Gasteiger partial charge in [-0.2, -0.15) is 0 Å². The largest absolute Gasteiger partial charge is 0.481 e. The summed E-state index contributed by atoms with van der Waals surface area (Å²) in [7, 11) is 0. The van der Waals surface area contributed by atoms with E-state index in [-0.39, 0.29) is 6.54 Å². The fourth-order valence-corrected chi connectivity index (χ4v) is 1.13. The highest BCUT2D eigenvalue weighted by Gasteiger charge is 2.37. The molecule has 0 spiro atoms. The van der Waals surface area contributed by atoms with E-state index in [1.54, 1.807) is 0 Å². The molecule has 0 aliphatic heterocycles. The highest BCUT2D eigenvalue weighted by atomic mass is 16.4. The van der Waals surface area contributed by atoms with Gasteiger partial charge < -0.3 is 10.8 Å². The zero-order valence-corrected chi connectivity index (χ0v) is 5.71. The molecule has 56 valence electrons. The molecule has 0 saturated heterocycles. The number of carbonyl (C=O) groups is 1. The predicted octanol–water partition coefficient (Wildman–Crippen LogP) is 0.366. The third-order valence-corrected chi connectivity index (χ3v) is 2.03. The molecule has 0 amide bonds. The normalized spacial score (nSPS) is 21.3. The van der Waals surface area contributed by atoms with Crippen LogP contribution in [-0.2, 0) is 4.79 Å². The summed E-state index contributed by atoms with van der Waals surface area (Å²) < 4.78 is 0. The first-order chi connectivity index (χ1) is 4.71. The summed E-state index contributed by atoms with van der Waals surface area (Å²) >= 11 is 0. The standard InChI is InChI=1S/C7H11NO2/c8-5-7(6(9)10)3-1-2-4-7/h1-2H,3-5,8H2,(H,9,10). The van der Waals surface area contributed by atoms with Gasteiger partial charge in [-0.3, -0.25) is 4.79 Å². The molecule has 0 aromatic carbocycles. The Bertz CT molecular complexity index is 166. The number of carboxylic acid groups (broad SMARTS) is 1. The minimum absolute atomic E-state index is 0.231. The molecule has 0 atom stereocenters. The summed E-state index contributed by atoms with van der Waals surface area (Å²) in [6, 6.07) is 0. The summed E-state index contributed by atoms with van der Waals surface area (Å²) in [4.78, 5) is 10.6. The Balaban J connectivity index is 2.70. The van der Waals surface area contributed by atoms with Crippen LogP contribution in [0.4, 0.5) is 0 Å². The lowest BCUT2D eigenvalue weighted by molar-refractivity contribution is -0.147. The summed E-state index contributed by atoms with van der Waals surface area (Å²) in [6.07, 6.45) is 4.92. The molecule has 3 N–H and O–H groups in total. The third kappa shape index (κ3) is 0.926. The van der Waals surface area contributed by atoms with Gasteiger partial charge in [0.2, 0.25) is 0 Å². The van der Waals surface area contributed by atoms with Crippen LogP contribution in [0, 0.1) is 5.41 Å². The molecule has 3 heteroatoms. The Kier molecular flexibility index (Phi) is 1.76. The van der Waals surface area contributed by atoms with Gasteiger partial charge in [-0.1, -0.05) is 12.2 Å². The van der Waals surface area contributed by atoms with Crippen molar-refractivity contribution in [2.75, 3.05) is 6.54 Å². The molecule has 0 aromatic heterocycles. The highest BCUT2D eigenvalue weighted by Crippen LogP contribution is 2.31. The van der Waals surface area contributed by atoms with Gasteiger partial charge in [-0.05, 0) is 12.8 Å². The van der Waals surface area contributed by atoms with Crippen molar-refractivity contribution in [2.45, 2.75) is 12.8 Å². The van der Waals surface area contributed by atoms with Crippen LogP contribution < -0.4 is 5.73 Å². The van der Waals surface area contributed by atoms with Crippen molar-refractivity contribution in [1.82, 2.24) is 0 Å². The highest BCUT2D eigenvalue weighted by molar-refractivity contribution is 5.76. The maximum Gasteiger partial charge on any atom is 0.311 e. The Morgan fingerprint density at radius 1 is 1.60 bits per heavy atom. The predicted molar refractivity (Wildman–Crippen MR) is 37.5 cm³/mol. The van der Waals surface area contributed by atoms with Crippen LogP contribution in [0.15, 0.2) is 12.2 Å². The smallest absolute Gasteiger partial charge is 0.311 e. The van der Waals surface area contributed by atoms with Crippen molar-refractivity contribution >= 4 is 5.97 Å². The monoisotopic (exact) mass is 141 g/mol. The van der Waals surface area contributed by atoms with E-state index < -0.39 is 11.4 Å². The fourth-order valence-electron chi connectivity index (χ4n) is 1.13. The van der Waals surface area contributed by atoms with E-state index in [2.05, 4.69) is 0 Å². The molecule has 0 aromatic rings. The number of allylic oxidation sites excluding steroid dienone is 2. The molecule has 1 aliphatic carbocycles. The molecule has 3 nitrogen and oxygen atoms in total. The van der Waals surface area contributed by atoms with Crippen LogP contribution in [-0.4, -0.2) is 17.6 Å². The number of hydrogen-bond donors (Lipinski definition) is 2. The average Bonchev–Trinajstić information content (AvgIpc) is 2.35. The van der Waals surface area contributed by atoms with Gasteiger partial charge in [0.15, 0.2) is 0 Å². The molecular weight excluding hydrogens is 130 g/mol. The lowest BCUT2D eigenvalue weighted by Crippen LogP contribution is -2.36. The maximum absolute atomic E-state index is 10.6. The minimum Gasteiger partial charge on any atom is -0.481 e. The summed E-state index contributed by atoms with van der Waals surface area (Å²) in [5.74, 6) is -0.778. The number of aliphatic carboxylic acids is 1. The van der Waals surface area contributed by atoms with Gasteiger partial charge in [0, 0.05) is 6.54 Å². The van der Waals surface area contributed by atoms with Gasteiger partial charge >= 0.3 is 5.97 Å². The van der Waals surface area contributed by atoms with Gasteiger partial charge in [0.1, 0.15) is 0 Å². The first-order valence-electron chi connectivity index (χ1n) is 3.30. The Morgan fingerprint density at radius 2 is 2.10 bits per heavy atom. The Labute approximate surface area is 59.5 Å². The molecular formula is C7H11NO2. The van der Waals surface area contributed by atoms with Crippen LogP contribution in [0.2, 0.25) is 0 Å². The van der Waals surface area contributed by atoms with Gasteiger partial charge in [-0.25, -0.2) is 0 Å². The first kappa shape index (κ1) is 7.28. The maximum atomic E-state index is 10.6. The second-order valence-corrected chi connectivity index (χ2v) is 2.67. The second kappa shape index (κ2) is 2.42. The van der Waals surface area contributed by atoms with E-state index >= 15 is 0 Å².